The second-order valence-electron chi connectivity index (χ2n) is 4.91. The van der Waals surface area contributed by atoms with Gasteiger partial charge in [-0.3, -0.25) is 4.57 Å². The van der Waals surface area contributed by atoms with Gasteiger partial charge in [0.2, 0.25) is 0 Å². The Kier molecular flexibility index (Phi) is 5.19. The zero-order valence-electron chi connectivity index (χ0n) is 12.0. The van der Waals surface area contributed by atoms with Crippen molar-refractivity contribution in [3.63, 3.8) is 0 Å². The van der Waals surface area contributed by atoms with Gasteiger partial charge in [-0.1, -0.05) is 30.8 Å². The summed E-state index contributed by atoms with van der Waals surface area (Å²) in [6.07, 6.45) is 0.840. The summed E-state index contributed by atoms with van der Waals surface area (Å²) in [7, 11) is 0. The Morgan fingerprint density at radius 2 is 2.10 bits per heavy atom. The van der Waals surface area contributed by atoms with Gasteiger partial charge < -0.3 is 5.73 Å². The quantitative estimate of drug-likeness (QED) is 0.803. The van der Waals surface area contributed by atoms with Crippen molar-refractivity contribution in [2.45, 2.75) is 43.3 Å². The molecule has 2 unspecified atom stereocenters. The van der Waals surface area contributed by atoms with Crippen molar-refractivity contribution in [3.8, 4) is 0 Å². The van der Waals surface area contributed by atoms with Crippen LogP contribution in [0.1, 0.15) is 31.1 Å². The predicted octanol–water partition coefficient (Wildman–Crippen LogP) is 2.30. The predicted molar refractivity (Wildman–Crippen MR) is 81.8 cm³/mol. The highest BCUT2D eigenvalue weighted by Crippen LogP contribution is 2.35. The smallest absolute Gasteiger partial charge is 0.327 e. The number of nitrogens with zero attached hydrogens (tertiary/aromatic N) is 2. The van der Waals surface area contributed by atoms with Gasteiger partial charge in [0.1, 0.15) is 5.82 Å². The Morgan fingerprint density at radius 3 is 2.67 bits per heavy atom. The minimum absolute atomic E-state index is 0.101. The molecule has 0 amide bonds. The van der Waals surface area contributed by atoms with Gasteiger partial charge in [-0.2, -0.15) is 0 Å². The molecule has 114 valence electrons. The number of rotatable bonds is 6. The summed E-state index contributed by atoms with van der Waals surface area (Å²) < 4.78 is 14.6. The summed E-state index contributed by atoms with van der Waals surface area (Å²) in [6, 6.07) is 6.09. The molecule has 21 heavy (non-hydrogen) atoms. The highest BCUT2D eigenvalue weighted by molar-refractivity contribution is 7.99. The molecule has 2 aromatic rings. The first-order chi connectivity index (χ1) is 10.0. The summed E-state index contributed by atoms with van der Waals surface area (Å²) in [5, 5.41) is 7.03. The molecule has 0 fully saturated rings. The molecule has 1 aromatic heterocycles. The van der Waals surface area contributed by atoms with E-state index in [1.807, 2.05) is 13.8 Å². The highest BCUT2D eigenvalue weighted by Gasteiger charge is 2.21. The van der Waals surface area contributed by atoms with E-state index in [9.17, 15) is 9.18 Å². The zero-order chi connectivity index (χ0) is 15.4. The maximum atomic E-state index is 13.0. The molecule has 1 heterocycles. The third-order valence-electron chi connectivity index (χ3n) is 3.08. The van der Waals surface area contributed by atoms with E-state index >= 15 is 0 Å². The van der Waals surface area contributed by atoms with Crippen molar-refractivity contribution < 1.29 is 4.39 Å². The molecule has 5 nitrogen and oxygen atoms in total. The van der Waals surface area contributed by atoms with Crippen LogP contribution >= 0.6 is 11.8 Å². The van der Waals surface area contributed by atoms with E-state index in [0.29, 0.717) is 11.7 Å². The number of hydrogen-bond donors (Lipinski definition) is 2. The van der Waals surface area contributed by atoms with Crippen LogP contribution < -0.4 is 11.4 Å². The van der Waals surface area contributed by atoms with Crippen LogP contribution in [-0.4, -0.2) is 20.8 Å². The number of nitrogens with one attached hydrogen (secondary N) is 1. The van der Waals surface area contributed by atoms with Crippen molar-refractivity contribution in [1.82, 2.24) is 14.8 Å². The van der Waals surface area contributed by atoms with Crippen LogP contribution in [0.5, 0.6) is 0 Å². The third-order valence-corrected chi connectivity index (χ3v) is 4.56. The maximum absolute atomic E-state index is 13.0. The van der Waals surface area contributed by atoms with Crippen LogP contribution in [0.15, 0.2) is 34.2 Å². The fourth-order valence-electron chi connectivity index (χ4n) is 2.06. The molecule has 2 rings (SSSR count). The van der Waals surface area contributed by atoms with Crippen LogP contribution in [0.4, 0.5) is 4.39 Å². The number of aromatic amines is 1. The standard InChI is InChI=1S/C14H19FN4OS/c1-3-8-19-13(20)17-18-14(19)21-12(9(2)16)10-4-6-11(15)7-5-10/h4-7,9,12H,3,8,16H2,1-2H3,(H,17,20). The molecule has 0 saturated heterocycles. The molecule has 3 N–H and O–H groups in total. The summed E-state index contributed by atoms with van der Waals surface area (Å²) >= 11 is 1.42. The zero-order valence-corrected chi connectivity index (χ0v) is 12.9. The normalized spacial score (nSPS) is 14.1. The van der Waals surface area contributed by atoms with Crippen molar-refractivity contribution in [1.29, 1.82) is 0 Å². The van der Waals surface area contributed by atoms with E-state index in [-0.39, 0.29) is 22.8 Å². The first-order valence-electron chi connectivity index (χ1n) is 6.85. The van der Waals surface area contributed by atoms with E-state index in [1.54, 1.807) is 16.7 Å². The number of halogens is 1. The fourth-order valence-corrected chi connectivity index (χ4v) is 3.19. The molecular formula is C14H19FN4OS. The Labute approximate surface area is 126 Å². The molecule has 0 saturated carbocycles. The molecule has 0 aliphatic rings. The molecule has 0 radical (unpaired) electrons. The van der Waals surface area contributed by atoms with E-state index in [1.165, 1.54) is 23.9 Å². The fraction of sp³-hybridized carbons (Fsp3) is 0.429. The Balaban J connectivity index is 2.29. The maximum Gasteiger partial charge on any atom is 0.343 e. The second-order valence-corrected chi connectivity index (χ2v) is 6.02. The summed E-state index contributed by atoms with van der Waals surface area (Å²) in [6.45, 7) is 4.49. The Bertz CT molecular complexity index is 635. The molecule has 0 aliphatic carbocycles. The molecule has 2 atom stereocenters. The number of aromatic nitrogens is 3. The van der Waals surface area contributed by atoms with Gasteiger partial charge in [-0.15, -0.1) is 5.10 Å². The molecular weight excluding hydrogens is 291 g/mol. The van der Waals surface area contributed by atoms with E-state index < -0.39 is 0 Å². The molecule has 1 aromatic carbocycles. The topological polar surface area (TPSA) is 76.7 Å². The molecule has 0 bridgehead atoms. The largest absolute Gasteiger partial charge is 0.343 e. The van der Waals surface area contributed by atoms with Crippen LogP contribution in [0.3, 0.4) is 0 Å². The van der Waals surface area contributed by atoms with E-state index in [0.717, 1.165) is 12.0 Å². The number of hydrogen-bond acceptors (Lipinski definition) is 4. The highest BCUT2D eigenvalue weighted by atomic mass is 32.2. The second kappa shape index (κ2) is 6.91. The minimum atomic E-state index is -0.283. The van der Waals surface area contributed by atoms with Crippen molar-refractivity contribution in [3.05, 3.63) is 46.1 Å². The van der Waals surface area contributed by atoms with Gasteiger partial charge in [0.15, 0.2) is 5.16 Å². The average molecular weight is 310 g/mol. The van der Waals surface area contributed by atoms with E-state index in [2.05, 4.69) is 10.2 Å². The SMILES string of the molecule is CCCn1c(SC(c2ccc(F)cc2)C(C)N)n[nH]c1=O. The lowest BCUT2D eigenvalue weighted by Gasteiger charge is -2.20. The number of nitrogens with two attached hydrogens (primary N) is 1. The lowest BCUT2D eigenvalue weighted by Crippen LogP contribution is -2.24. The number of thioether (sulfide) groups is 1. The van der Waals surface area contributed by atoms with Crippen LogP contribution in [0, 0.1) is 5.82 Å². The Morgan fingerprint density at radius 1 is 1.43 bits per heavy atom. The van der Waals surface area contributed by atoms with Gasteiger partial charge in [-0.05, 0) is 31.0 Å². The average Bonchev–Trinajstić information content (AvgIpc) is 2.79. The molecule has 0 aliphatic heterocycles. The first-order valence-corrected chi connectivity index (χ1v) is 7.73. The molecule has 0 spiro atoms. The van der Waals surface area contributed by atoms with Crippen LogP contribution in [0.25, 0.3) is 0 Å². The minimum Gasteiger partial charge on any atom is -0.327 e. The van der Waals surface area contributed by atoms with Gasteiger partial charge in [0.25, 0.3) is 0 Å². The number of H-pyrrole nitrogens is 1. The van der Waals surface area contributed by atoms with Gasteiger partial charge in [0.05, 0.1) is 5.25 Å². The van der Waals surface area contributed by atoms with Crippen LogP contribution in [0.2, 0.25) is 0 Å². The van der Waals surface area contributed by atoms with Crippen molar-refractivity contribution in [2.75, 3.05) is 0 Å². The van der Waals surface area contributed by atoms with E-state index in [4.69, 9.17) is 5.73 Å². The summed E-state index contributed by atoms with van der Waals surface area (Å²) in [5.41, 5.74) is 6.74. The van der Waals surface area contributed by atoms with Gasteiger partial charge >= 0.3 is 5.69 Å². The Hall–Kier alpha value is -1.60. The lowest BCUT2D eigenvalue weighted by atomic mass is 10.1. The molecule has 7 heteroatoms. The monoisotopic (exact) mass is 310 g/mol. The van der Waals surface area contributed by atoms with Crippen molar-refractivity contribution in [2.24, 2.45) is 5.73 Å². The summed E-state index contributed by atoms with van der Waals surface area (Å²) in [5.74, 6) is -0.283. The van der Waals surface area contributed by atoms with Gasteiger partial charge in [0, 0.05) is 12.6 Å². The van der Waals surface area contributed by atoms with Crippen molar-refractivity contribution >= 4 is 11.8 Å². The summed E-state index contributed by atoms with van der Waals surface area (Å²) in [4.78, 5) is 11.7. The van der Waals surface area contributed by atoms with Gasteiger partial charge in [-0.25, -0.2) is 14.3 Å². The van der Waals surface area contributed by atoms with Crippen LogP contribution in [-0.2, 0) is 6.54 Å². The third kappa shape index (κ3) is 3.74. The number of benzene rings is 1. The first kappa shape index (κ1) is 15.8. The lowest BCUT2D eigenvalue weighted by molar-refractivity contribution is 0.600.